The highest BCUT2D eigenvalue weighted by Gasteiger charge is 2.18. The Hall–Kier alpha value is -1.86. The number of halogens is 2. The number of carbonyl (C=O) groups excluding carboxylic acids is 1. The molecule has 0 radical (unpaired) electrons. The van der Waals surface area contributed by atoms with Crippen LogP contribution in [0.15, 0.2) is 41.1 Å². The number of hydrogen-bond acceptors (Lipinski definition) is 5. The first kappa shape index (κ1) is 17.9. The van der Waals surface area contributed by atoms with E-state index in [0.717, 1.165) is 49.6 Å². The normalized spacial score (nSPS) is 15.4. The molecule has 1 saturated heterocycles. The van der Waals surface area contributed by atoms with E-state index in [1.807, 2.05) is 0 Å². The first-order valence-corrected chi connectivity index (χ1v) is 9.15. The average Bonchev–Trinajstić information content (AvgIpc) is 2.63. The van der Waals surface area contributed by atoms with Gasteiger partial charge in [-0.2, -0.15) is 0 Å². The smallest absolute Gasteiger partial charge is 0.225 e. The van der Waals surface area contributed by atoms with E-state index < -0.39 is 0 Å². The highest BCUT2D eigenvalue weighted by atomic mass is 79.9. The Morgan fingerprint density at radius 3 is 2.36 bits per heavy atom. The number of benzene rings is 1. The topological polar surface area (TPSA) is 49.3 Å². The molecule has 2 aromatic rings. The van der Waals surface area contributed by atoms with Crippen LogP contribution in [0, 0.1) is 5.82 Å². The van der Waals surface area contributed by atoms with Crippen LogP contribution in [-0.4, -0.2) is 53.4 Å². The van der Waals surface area contributed by atoms with Gasteiger partial charge in [-0.15, -0.1) is 0 Å². The van der Waals surface area contributed by atoms with Crippen LogP contribution in [0.3, 0.4) is 0 Å². The van der Waals surface area contributed by atoms with Gasteiger partial charge in [-0.1, -0.05) is 0 Å². The van der Waals surface area contributed by atoms with Gasteiger partial charge in [0.15, 0.2) is 5.78 Å². The summed E-state index contributed by atoms with van der Waals surface area (Å²) in [7, 11) is 0. The van der Waals surface area contributed by atoms with Crippen LogP contribution in [0.25, 0.3) is 0 Å². The van der Waals surface area contributed by atoms with Crippen molar-refractivity contribution in [1.82, 2.24) is 14.9 Å². The SMILES string of the molecule is O=C(CCCN1CCN(c2ncc(Br)cn2)CC1)c1ccc(F)cc1. The van der Waals surface area contributed by atoms with E-state index in [9.17, 15) is 9.18 Å². The first-order chi connectivity index (χ1) is 12.1. The number of ketones is 1. The van der Waals surface area contributed by atoms with Crippen molar-refractivity contribution in [2.45, 2.75) is 12.8 Å². The lowest BCUT2D eigenvalue weighted by atomic mass is 10.1. The Labute approximate surface area is 155 Å². The molecule has 1 aromatic heterocycles. The van der Waals surface area contributed by atoms with Crippen molar-refractivity contribution in [3.63, 3.8) is 0 Å². The van der Waals surface area contributed by atoms with E-state index in [4.69, 9.17) is 0 Å². The molecule has 1 aliphatic rings. The van der Waals surface area contributed by atoms with Crippen molar-refractivity contribution in [2.24, 2.45) is 0 Å². The van der Waals surface area contributed by atoms with Crippen LogP contribution >= 0.6 is 15.9 Å². The summed E-state index contributed by atoms with van der Waals surface area (Å²) in [5, 5.41) is 0. The zero-order valence-electron chi connectivity index (χ0n) is 13.9. The summed E-state index contributed by atoms with van der Waals surface area (Å²) >= 11 is 3.34. The molecule has 0 saturated carbocycles. The molecule has 0 aliphatic carbocycles. The van der Waals surface area contributed by atoms with Crippen LogP contribution in [0.5, 0.6) is 0 Å². The fourth-order valence-electron chi connectivity index (χ4n) is 2.88. The Kier molecular flexibility index (Phi) is 6.09. The molecule has 0 amide bonds. The molecule has 25 heavy (non-hydrogen) atoms. The van der Waals surface area contributed by atoms with E-state index in [1.165, 1.54) is 12.1 Å². The Bertz CT molecular complexity index is 700. The van der Waals surface area contributed by atoms with Gasteiger partial charge < -0.3 is 4.90 Å². The molecule has 0 N–H and O–H groups in total. The minimum Gasteiger partial charge on any atom is -0.338 e. The third-order valence-corrected chi connectivity index (χ3v) is 4.72. The van der Waals surface area contributed by atoms with E-state index in [0.29, 0.717) is 12.0 Å². The third-order valence-electron chi connectivity index (χ3n) is 4.31. The monoisotopic (exact) mass is 406 g/mol. The molecule has 2 heterocycles. The van der Waals surface area contributed by atoms with E-state index in [-0.39, 0.29) is 11.6 Å². The maximum absolute atomic E-state index is 12.9. The Balaban J connectivity index is 1.40. The second-order valence-corrected chi connectivity index (χ2v) is 6.98. The molecule has 1 aromatic carbocycles. The fourth-order valence-corrected chi connectivity index (χ4v) is 3.09. The summed E-state index contributed by atoms with van der Waals surface area (Å²) in [6.45, 7) is 4.53. The number of piperazine rings is 1. The van der Waals surface area contributed by atoms with Crippen LogP contribution in [-0.2, 0) is 0 Å². The van der Waals surface area contributed by atoms with Gasteiger partial charge in [0.05, 0.1) is 4.47 Å². The van der Waals surface area contributed by atoms with Crippen LogP contribution in [0.4, 0.5) is 10.3 Å². The molecule has 0 unspecified atom stereocenters. The van der Waals surface area contributed by atoms with Gasteiger partial charge in [-0.3, -0.25) is 9.69 Å². The molecular formula is C18H20BrFN4O. The Morgan fingerprint density at radius 2 is 1.72 bits per heavy atom. The van der Waals surface area contributed by atoms with Gasteiger partial charge in [0, 0.05) is 50.6 Å². The summed E-state index contributed by atoms with van der Waals surface area (Å²) in [6, 6.07) is 5.76. The van der Waals surface area contributed by atoms with Gasteiger partial charge in [-0.25, -0.2) is 14.4 Å². The van der Waals surface area contributed by atoms with E-state index >= 15 is 0 Å². The summed E-state index contributed by atoms with van der Waals surface area (Å²) in [5.41, 5.74) is 0.582. The maximum Gasteiger partial charge on any atom is 0.225 e. The molecular weight excluding hydrogens is 387 g/mol. The van der Waals surface area contributed by atoms with Gasteiger partial charge in [-0.05, 0) is 53.2 Å². The molecule has 1 aliphatic heterocycles. The zero-order chi connectivity index (χ0) is 17.6. The first-order valence-electron chi connectivity index (χ1n) is 8.35. The van der Waals surface area contributed by atoms with Crippen molar-refractivity contribution < 1.29 is 9.18 Å². The predicted octanol–water partition coefficient (Wildman–Crippen LogP) is 3.16. The number of rotatable bonds is 6. The molecule has 0 bridgehead atoms. The number of hydrogen-bond donors (Lipinski definition) is 0. The number of aromatic nitrogens is 2. The van der Waals surface area contributed by atoms with Crippen molar-refractivity contribution in [3.8, 4) is 0 Å². The standard InChI is InChI=1S/C18H20BrFN4O/c19-15-12-21-18(22-13-15)24-10-8-23(9-11-24)7-1-2-17(25)14-3-5-16(20)6-4-14/h3-6,12-13H,1-2,7-11H2. The van der Waals surface area contributed by atoms with Crippen molar-refractivity contribution in [3.05, 3.63) is 52.5 Å². The lowest BCUT2D eigenvalue weighted by Gasteiger charge is -2.34. The number of nitrogens with zero attached hydrogens (tertiary/aromatic N) is 4. The summed E-state index contributed by atoms with van der Waals surface area (Å²) in [4.78, 5) is 25.3. The lowest BCUT2D eigenvalue weighted by Crippen LogP contribution is -2.47. The summed E-state index contributed by atoms with van der Waals surface area (Å²) in [6.07, 6.45) is 4.82. The van der Waals surface area contributed by atoms with Gasteiger partial charge in [0.25, 0.3) is 0 Å². The van der Waals surface area contributed by atoms with E-state index in [2.05, 4.69) is 35.7 Å². The van der Waals surface area contributed by atoms with Crippen LogP contribution < -0.4 is 4.90 Å². The number of Topliss-reactive ketones (excluding diaryl/α,β-unsaturated/α-hetero) is 1. The zero-order valence-corrected chi connectivity index (χ0v) is 15.5. The second kappa shape index (κ2) is 8.49. The molecule has 7 heteroatoms. The molecule has 132 valence electrons. The molecule has 0 spiro atoms. The van der Waals surface area contributed by atoms with Gasteiger partial charge >= 0.3 is 0 Å². The fraction of sp³-hybridized carbons (Fsp3) is 0.389. The van der Waals surface area contributed by atoms with E-state index in [1.54, 1.807) is 24.5 Å². The Morgan fingerprint density at radius 1 is 1.08 bits per heavy atom. The minimum atomic E-state index is -0.316. The van der Waals surface area contributed by atoms with Gasteiger partial charge in [0.2, 0.25) is 5.95 Å². The summed E-state index contributed by atoms with van der Waals surface area (Å²) < 4.78 is 13.8. The molecule has 1 fully saturated rings. The minimum absolute atomic E-state index is 0.0712. The lowest BCUT2D eigenvalue weighted by molar-refractivity contribution is 0.0974. The average molecular weight is 407 g/mol. The maximum atomic E-state index is 12.9. The van der Waals surface area contributed by atoms with Gasteiger partial charge in [0.1, 0.15) is 5.82 Å². The largest absolute Gasteiger partial charge is 0.338 e. The molecule has 3 rings (SSSR count). The number of anilines is 1. The highest BCUT2D eigenvalue weighted by molar-refractivity contribution is 9.10. The summed E-state index contributed by atoms with van der Waals surface area (Å²) in [5.74, 6) is 0.514. The van der Waals surface area contributed by atoms with Crippen LogP contribution in [0.1, 0.15) is 23.2 Å². The molecule has 5 nitrogen and oxygen atoms in total. The molecule has 0 atom stereocenters. The highest BCUT2D eigenvalue weighted by Crippen LogP contribution is 2.14. The number of carbonyl (C=O) groups is 1. The van der Waals surface area contributed by atoms with Crippen molar-refractivity contribution >= 4 is 27.7 Å². The van der Waals surface area contributed by atoms with Crippen molar-refractivity contribution in [2.75, 3.05) is 37.6 Å². The quantitative estimate of drug-likeness (QED) is 0.689. The van der Waals surface area contributed by atoms with Crippen LogP contribution in [0.2, 0.25) is 0 Å². The van der Waals surface area contributed by atoms with Crippen molar-refractivity contribution in [1.29, 1.82) is 0 Å². The predicted molar refractivity (Wildman–Crippen MR) is 98.3 cm³/mol. The third kappa shape index (κ3) is 5.06. The second-order valence-electron chi connectivity index (χ2n) is 6.06.